The van der Waals surface area contributed by atoms with E-state index in [0.717, 1.165) is 5.56 Å². The minimum Gasteiger partial charge on any atom is -0.393 e. The number of rotatable bonds is 3. The van der Waals surface area contributed by atoms with Gasteiger partial charge in [0.25, 0.3) is 5.69 Å². The molecule has 0 aromatic heterocycles. The maximum atomic E-state index is 11.2. The van der Waals surface area contributed by atoms with Crippen molar-refractivity contribution in [2.45, 2.75) is 31.8 Å². The van der Waals surface area contributed by atoms with Gasteiger partial charge in [0.1, 0.15) is 5.69 Å². The number of ether oxygens (including phenoxy) is 2. The molecule has 0 amide bonds. The molecule has 0 radical (unpaired) electrons. The van der Waals surface area contributed by atoms with Crippen LogP contribution in [0, 0.1) is 10.1 Å². The Balaban J connectivity index is 2.18. The van der Waals surface area contributed by atoms with Crippen molar-refractivity contribution in [3.05, 3.63) is 69.8 Å². The number of hydrogen-bond donors (Lipinski definition) is 1. The van der Waals surface area contributed by atoms with E-state index in [9.17, 15) is 10.1 Å². The molecule has 3 rings (SSSR count). The number of nitro groups is 1. The van der Waals surface area contributed by atoms with Crippen LogP contribution in [-0.2, 0) is 15.3 Å². The highest BCUT2D eigenvalue weighted by molar-refractivity contribution is 5.60. The molecule has 2 aromatic rings. The van der Waals surface area contributed by atoms with Crippen molar-refractivity contribution in [3.63, 3.8) is 0 Å². The summed E-state index contributed by atoms with van der Waals surface area (Å²) in [6.45, 7) is 3.84. The number of benzene rings is 2. The van der Waals surface area contributed by atoms with E-state index in [1.807, 2.05) is 44.2 Å². The molecule has 23 heavy (non-hydrogen) atoms. The Hall–Kier alpha value is -2.44. The molecule has 1 aliphatic rings. The Morgan fingerprint density at radius 1 is 1.04 bits per heavy atom. The van der Waals surface area contributed by atoms with Gasteiger partial charge in [0.05, 0.1) is 17.1 Å². The van der Waals surface area contributed by atoms with E-state index >= 15 is 0 Å². The van der Waals surface area contributed by atoms with Gasteiger partial charge in [0, 0.05) is 17.2 Å². The third kappa shape index (κ3) is 2.56. The monoisotopic (exact) mass is 314 g/mol. The zero-order valence-electron chi connectivity index (χ0n) is 12.9. The SMILES string of the molecule is CC1OC(c2ccccc2)(c2ccc(N)c([N+](=O)[O-])c2)OC1C. The van der Waals surface area contributed by atoms with Gasteiger partial charge >= 0.3 is 0 Å². The first-order valence-electron chi connectivity index (χ1n) is 7.39. The summed E-state index contributed by atoms with van der Waals surface area (Å²) < 4.78 is 12.2. The number of anilines is 1. The Bertz CT molecular complexity index is 723. The van der Waals surface area contributed by atoms with Crippen LogP contribution in [0.5, 0.6) is 0 Å². The molecule has 2 unspecified atom stereocenters. The predicted octanol–water partition coefficient (Wildman–Crippen LogP) is 3.20. The number of nitro benzene ring substituents is 1. The molecular weight excluding hydrogens is 296 g/mol. The predicted molar refractivity (Wildman–Crippen MR) is 85.8 cm³/mol. The molecule has 6 nitrogen and oxygen atoms in total. The number of nitrogens with two attached hydrogens (primary N) is 1. The first-order chi connectivity index (χ1) is 10.9. The molecule has 0 saturated carbocycles. The minimum absolute atomic E-state index is 0.112. The van der Waals surface area contributed by atoms with Crippen molar-refractivity contribution in [1.82, 2.24) is 0 Å². The first-order valence-corrected chi connectivity index (χ1v) is 7.39. The fourth-order valence-corrected chi connectivity index (χ4v) is 2.75. The van der Waals surface area contributed by atoms with E-state index in [1.54, 1.807) is 6.07 Å². The molecule has 0 aliphatic carbocycles. The summed E-state index contributed by atoms with van der Waals surface area (Å²) in [6.07, 6.45) is -0.293. The number of nitrogen functional groups attached to an aromatic ring is 1. The fourth-order valence-electron chi connectivity index (χ4n) is 2.75. The lowest BCUT2D eigenvalue weighted by Crippen LogP contribution is -2.29. The molecule has 6 heteroatoms. The smallest absolute Gasteiger partial charge is 0.292 e. The van der Waals surface area contributed by atoms with Crippen LogP contribution in [0.2, 0.25) is 0 Å². The quantitative estimate of drug-likeness (QED) is 0.534. The highest BCUT2D eigenvalue weighted by atomic mass is 16.8. The Morgan fingerprint density at radius 3 is 2.22 bits per heavy atom. The lowest BCUT2D eigenvalue weighted by molar-refractivity contribution is -0.384. The van der Waals surface area contributed by atoms with Gasteiger partial charge in [-0.25, -0.2) is 0 Å². The zero-order chi connectivity index (χ0) is 16.6. The van der Waals surface area contributed by atoms with Crippen molar-refractivity contribution in [1.29, 1.82) is 0 Å². The lowest BCUT2D eigenvalue weighted by atomic mass is 9.96. The van der Waals surface area contributed by atoms with Gasteiger partial charge < -0.3 is 15.2 Å². The van der Waals surface area contributed by atoms with Crippen LogP contribution >= 0.6 is 0 Å². The van der Waals surface area contributed by atoms with E-state index in [4.69, 9.17) is 15.2 Å². The van der Waals surface area contributed by atoms with Crippen molar-refractivity contribution in [2.75, 3.05) is 5.73 Å². The van der Waals surface area contributed by atoms with E-state index in [0.29, 0.717) is 5.56 Å². The molecule has 2 atom stereocenters. The van der Waals surface area contributed by atoms with Crippen LogP contribution in [-0.4, -0.2) is 17.1 Å². The Kier molecular flexibility index (Phi) is 3.79. The largest absolute Gasteiger partial charge is 0.393 e. The maximum absolute atomic E-state index is 11.2. The Morgan fingerprint density at radius 2 is 1.65 bits per heavy atom. The molecule has 1 aliphatic heterocycles. The first kappa shape index (κ1) is 15.5. The standard InChI is InChI=1S/C17H18N2O4/c1-11-12(2)23-17(22-11,13-6-4-3-5-7-13)14-8-9-15(18)16(10-14)19(20)21/h3-12H,18H2,1-2H3. The summed E-state index contributed by atoms with van der Waals surface area (Å²) in [5.41, 5.74) is 7.00. The molecule has 0 bridgehead atoms. The summed E-state index contributed by atoms with van der Waals surface area (Å²) in [4.78, 5) is 10.7. The molecule has 1 saturated heterocycles. The fraction of sp³-hybridized carbons (Fsp3) is 0.294. The van der Waals surface area contributed by atoms with Gasteiger partial charge in [-0.2, -0.15) is 0 Å². The summed E-state index contributed by atoms with van der Waals surface area (Å²) in [7, 11) is 0. The van der Waals surface area contributed by atoms with E-state index < -0.39 is 10.7 Å². The third-order valence-electron chi connectivity index (χ3n) is 4.13. The second-order valence-corrected chi connectivity index (χ2v) is 5.66. The molecule has 1 fully saturated rings. The van der Waals surface area contributed by atoms with Gasteiger partial charge in [-0.15, -0.1) is 0 Å². The third-order valence-corrected chi connectivity index (χ3v) is 4.13. The molecule has 2 aromatic carbocycles. The second kappa shape index (κ2) is 5.64. The van der Waals surface area contributed by atoms with Crippen molar-refractivity contribution in [3.8, 4) is 0 Å². The van der Waals surface area contributed by atoms with Gasteiger partial charge in [0.2, 0.25) is 5.79 Å². The maximum Gasteiger partial charge on any atom is 0.292 e. The number of hydrogen-bond acceptors (Lipinski definition) is 5. The van der Waals surface area contributed by atoms with Gasteiger partial charge in [-0.05, 0) is 19.9 Å². The van der Waals surface area contributed by atoms with Crippen LogP contribution < -0.4 is 5.73 Å². The molecule has 1 heterocycles. The van der Waals surface area contributed by atoms with Gasteiger partial charge in [-0.1, -0.05) is 36.4 Å². The van der Waals surface area contributed by atoms with E-state index in [2.05, 4.69) is 0 Å². The summed E-state index contributed by atoms with van der Waals surface area (Å²) in [6, 6.07) is 14.1. The normalized spacial score (nSPS) is 27.0. The van der Waals surface area contributed by atoms with Gasteiger partial charge in [0.15, 0.2) is 0 Å². The molecule has 120 valence electrons. The van der Waals surface area contributed by atoms with Crippen molar-refractivity contribution < 1.29 is 14.4 Å². The zero-order valence-corrected chi connectivity index (χ0v) is 12.9. The van der Waals surface area contributed by atoms with Crippen LogP contribution in [0.15, 0.2) is 48.5 Å². The number of nitrogens with zero attached hydrogens (tertiary/aromatic N) is 1. The molecule has 2 N–H and O–H groups in total. The minimum atomic E-state index is -1.17. The summed E-state index contributed by atoms with van der Waals surface area (Å²) >= 11 is 0. The van der Waals surface area contributed by atoms with Crippen molar-refractivity contribution in [2.24, 2.45) is 0 Å². The van der Waals surface area contributed by atoms with Gasteiger partial charge in [-0.3, -0.25) is 10.1 Å². The summed E-state index contributed by atoms with van der Waals surface area (Å²) in [5.74, 6) is -1.17. The second-order valence-electron chi connectivity index (χ2n) is 5.66. The average molecular weight is 314 g/mol. The highest BCUT2D eigenvalue weighted by Crippen LogP contribution is 2.44. The topological polar surface area (TPSA) is 87.6 Å². The van der Waals surface area contributed by atoms with Crippen LogP contribution in [0.25, 0.3) is 0 Å². The van der Waals surface area contributed by atoms with Crippen molar-refractivity contribution >= 4 is 11.4 Å². The Labute approximate surface area is 134 Å². The van der Waals surface area contributed by atoms with E-state index in [1.165, 1.54) is 12.1 Å². The lowest BCUT2D eigenvalue weighted by Gasteiger charge is -2.29. The average Bonchev–Trinajstić information content (AvgIpc) is 2.85. The molecule has 0 spiro atoms. The summed E-state index contributed by atoms with van der Waals surface area (Å²) in [5, 5.41) is 11.2. The molecular formula is C17H18N2O4. The van der Waals surface area contributed by atoms with E-state index in [-0.39, 0.29) is 23.6 Å². The van der Waals surface area contributed by atoms with Crippen LogP contribution in [0.4, 0.5) is 11.4 Å². The van der Waals surface area contributed by atoms with Crippen LogP contribution in [0.3, 0.4) is 0 Å². The highest BCUT2D eigenvalue weighted by Gasteiger charge is 2.47. The van der Waals surface area contributed by atoms with Crippen LogP contribution in [0.1, 0.15) is 25.0 Å².